The molecule has 2 N–H and O–H groups in total. The summed E-state index contributed by atoms with van der Waals surface area (Å²) in [7, 11) is 0. The van der Waals surface area contributed by atoms with Crippen LogP contribution in [0.2, 0.25) is 0 Å². The minimum absolute atomic E-state index is 0.0547. The molecule has 0 aliphatic carbocycles. The molecule has 3 aromatic rings. The molecule has 0 spiro atoms. The third-order valence-electron chi connectivity index (χ3n) is 4.89. The number of amides is 1. The summed E-state index contributed by atoms with van der Waals surface area (Å²) in [5.41, 5.74) is 3.21. The Bertz CT molecular complexity index is 1010. The van der Waals surface area contributed by atoms with Gasteiger partial charge in [-0.15, -0.1) is 0 Å². The van der Waals surface area contributed by atoms with Gasteiger partial charge in [0.1, 0.15) is 29.4 Å². The summed E-state index contributed by atoms with van der Waals surface area (Å²) in [5, 5.41) is 20.6. The number of phenols is 2. The summed E-state index contributed by atoms with van der Waals surface area (Å²) in [5.74, 6) is -0.597. The van der Waals surface area contributed by atoms with E-state index in [0.717, 1.165) is 16.8 Å². The number of fused-ring (bicyclic) bond motifs is 1. The third-order valence-corrected chi connectivity index (χ3v) is 4.89. The number of pyridine rings is 1. The van der Waals surface area contributed by atoms with Gasteiger partial charge in [-0.2, -0.15) is 0 Å². The summed E-state index contributed by atoms with van der Waals surface area (Å²) in [6.45, 7) is 2.66. The SMILES string of the molecule is Cc1c(O)cc(O)c(C(=O)N2Cc3cccnc3C2)c1OCc1ccccc1. The highest BCUT2D eigenvalue weighted by Crippen LogP contribution is 2.39. The van der Waals surface area contributed by atoms with Crippen molar-refractivity contribution < 1.29 is 19.7 Å². The lowest BCUT2D eigenvalue weighted by Gasteiger charge is -2.21. The maximum Gasteiger partial charge on any atom is 0.262 e. The monoisotopic (exact) mass is 376 g/mol. The first-order valence-corrected chi connectivity index (χ1v) is 8.99. The third kappa shape index (κ3) is 3.24. The van der Waals surface area contributed by atoms with Gasteiger partial charge in [0.25, 0.3) is 5.91 Å². The van der Waals surface area contributed by atoms with Crippen LogP contribution in [-0.4, -0.2) is 26.0 Å². The molecule has 1 amide bonds. The van der Waals surface area contributed by atoms with E-state index in [1.165, 1.54) is 6.07 Å². The molecule has 0 radical (unpaired) electrons. The largest absolute Gasteiger partial charge is 0.507 e. The second kappa shape index (κ2) is 7.23. The standard InChI is InChI=1S/C22H20N2O4/c1-14-18(25)10-19(26)20(21(14)28-13-15-6-3-2-4-7-15)22(27)24-11-16-8-5-9-23-17(16)12-24/h2-10,25-26H,11-13H2,1H3. The van der Waals surface area contributed by atoms with E-state index in [1.807, 2.05) is 42.5 Å². The van der Waals surface area contributed by atoms with Gasteiger partial charge in [-0.1, -0.05) is 36.4 Å². The normalized spacial score (nSPS) is 12.7. The Morgan fingerprint density at radius 2 is 1.89 bits per heavy atom. The van der Waals surface area contributed by atoms with Gasteiger partial charge in [0.05, 0.1) is 12.2 Å². The van der Waals surface area contributed by atoms with E-state index in [9.17, 15) is 15.0 Å². The first kappa shape index (κ1) is 17.9. The van der Waals surface area contributed by atoms with Crippen molar-refractivity contribution in [3.05, 3.63) is 82.7 Å². The molecule has 0 fully saturated rings. The lowest BCUT2D eigenvalue weighted by Crippen LogP contribution is -2.26. The maximum absolute atomic E-state index is 13.2. The van der Waals surface area contributed by atoms with Crippen molar-refractivity contribution in [3.8, 4) is 17.2 Å². The molecule has 1 aliphatic rings. The number of benzene rings is 2. The Morgan fingerprint density at radius 3 is 2.64 bits per heavy atom. The molecule has 0 saturated carbocycles. The predicted octanol–water partition coefficient (Wildman–Crippen LogP) is 3.54. The average molecular weight is 376 g/mol. The zero-order chi connectivity index (χ0) is 19.7. The highest BCUT2D eigenvalue weighted by Gasteiger charge is 2.30. The molecule has 0 unspecified atom stereocenters. The van der Waals surface area contributed by atoms with Crippen LogP contribution in [0.3, 0.4) is 0 Å². The van der Waals surface area contributed by atoms with E-state index in [2.05, 4.69) is 4.98 Å². The Labute approximate surface area is 162 Å². The van der Waals surface area contributed by atoms with E-state index in [4.69, 9.17) is 4.74 Å². The van der Waals surface area contributed by atoms with Crippen LogP contribution in [0.1, 0.15) is 32.7 Å². The molecular weight excluding hydrogens is 356 g/mol. The average Bonchev–Trinajstić information content (AvgIpc) is 3.14. The molecule has 142 valence electrons. The zero-order valence-corrected chi connectivity index (χ0v) is 15.4. The van der Waals surface area contributed by atoms with Gasteiger partial charge in [0.15, 0.2) is 0 Å². The van der Waals surface area contributed by atoms with Crippen molar-refractivity contribution in [2.75, 3.05) is 0 Å². The molecule has 2 aromatic carbocycles. The van der Waals surface area contributed by atoms with Gasteiger partial charge in [0, 0.05) is 24.4 Å². The quantitative estimate of drug-likeness (QED) is 0.728. The van der Waals surface area contributed by atoms with Crippen LogP contribution in [-0.2, 0) is 19.7 Å². The van der Waals surface area contributed by atoms with Crippen molar-refractivity contribution in [2.24, 2.45) is 0 Å². The molecular formula is C22H20N2O4. The predicted molar refractivity (Wildman–Crippen MR) is 103 cm³/mol. The van der Waals surface area contributed by atoms with E-state index >= 15 is 0 Å². The molecule has 1 aliphatic heterocycles. The summed E-state index contributed by atoms with van der Waals surface area (Å²) in [6.07, 6.45) is 1.70. The summed E-state index contributed by atoms with van der Waals surface area (Å²) >= 11 is 0. The first-order valence-electron chi connectivity index (χ1n) is 8.99. The molecule has 0 saturated heterocycles. The van der Waals surface area contributed by atoms with Crippen LogP contribution < -0.4 is 4.74 Å². The van der Waals surface area contributed by atoms with E-state index in [-0.39, 0.29) is 35.3 Å². The van der Waals surface area contributed by atoms with Crippen molar-refractivity contribution in [2.45, 2.75) is 26.6 Å². The molecule has 1 aromatic heterocycles. The van der Waals surface area contributed by atoms with Crippen LogP contribution in [0, 0.1) is 6.92 Å². The highest BCUT2D eigenvalue weighted by molar-refractivity contribution is 6.00. The van der Waals surface area contributed by atoms with E-state index in [0.29, 0.717) is 18.7 Å². The summed E-state index contributed by atoms with van der Waals surface area (Å²) in [4.78, 5) is 19.1. The second-order valence-corrected chi connectivity index (χ2v) is 6.79. The molecule has 0 bridgehead atoms. The number of hydrogen-bond acceptors (Lipinski definition) is 5. The van der Waals surface area contributed by atoms with Gasteiger partial charge in [-0.25, -0.2) is 0 Å². The Kier molecular flexibility index (Phi) is 4.61. The van der Waals surface area contributed by atoms with Gasteiger partial charge in [-0.3, -0.25) is 9.78 Å². The van der Waals surface area contributed by atoms with Gasteiger partial charge < -0.3 is 19.8 Å². The summed E-state index contributed by atoms with van der Waals surface area (Å²) < 4.78 is 5.89. The van der Waals surface area contributed by atoms with Crippen molar-refractivity contribution in [1.82, 2.24) is 9.88 Å². The van der Waals surface area contributed by atoms with E-state index in [1.54, 1.807) is 18.0 Å². The van der Waals surface area contributed by atoms with E-state index < -0.39 is 0 Å². The van der Waals surface area contributed by atoms with Crippen molar-refractivity contribution in [3.63, 3.8) is 0 Å². The molecule has 0 atom stereocenters. The van der Waals surface area contributed by atoms with Gasteiger partial charge in [-0.05, 0) is 24.1 Å². The van der Waals surface area contributed by atoms with Gasteiger partial charge in [0.2, 0.25) is 0 Å². The van der Waals surface area contributed by atoms with Crippen LogP contribution in [0.15, 0.2) is 54.7 Å². The molecule has 6 nitrogen and oxygen atoms in total. The Balaban J connectivity index is 1.66. The number of rotatable bonds is 4. The maximum atomic E-state index is 13.2. The minimum atomic E-state index is -0.360. The van der Waals surface area contributed by atoms with Crippen LogP contribution in [0.25, 0.3) is 0 Å². The lowest BCUT2D eigenvalue weighted by atomic mass is 10.1. The number of carbonyl (C=O) groups excluding carboxylic acids is 1. The first-order chi connectivity index (χ1) is 13.5. The van der Waals surface area contributed by atoms with Crippen molar-refractivity contribution >= 4 is 5.91 Å². The smallest absolute Gasteiger partial charge is 0.262 e. The number of nitrogens with zero attached hydrogens (tertiary/aromatic N) is 2. The summed E-state index contributed by atoms with van der Waals surface area (Å²) in [6, 6.07) is 14.5. The number of aromatic hydroxyl groups is 2. The Morgan fingerprint density at radius 1 is 1.11 bits per heavy atom. The van der Waals surface area contributed by atoms with Crippen LogP contribution >= 0.6 is 0 Å². The number of hydrogen-bond donors (Lipinski definition) is 2. The highest BCUT2D eigenvalue weighted by atomic mass is 16.5. The molecule has 28 heavy (non-hydrogen) atoms. The molecule has 2 heterocycles. The number of ether oxygens (including phenoxy) is 1. The number of carbonyl (C=O) groups is 1. The topological polar surface area (TPSA) is 82.9 Å². The van der Waals surface area contributed by atoms with Crippen molar-refractivity contribution in [1.29, 1.82) is 0 Å². The molecule has 4 rings (SSSR count). The van der Waals surface area contributed by atoms with Gasteiger partial charge >= 0.3 is 0 Å². The fourth-order valence-electron chi connectivity index (χ4n) is 3.35. The number of aromatic nitrogens is 1. The second-order valence-electron chi connectivity index (χ2n) is 6.79. The molecule has 6 heteroatoms. The minimum Gasteiger partial charge on any atom is -0.507 e. The van der Waals surface area contributed by atoms with Crippen LogP contribution in [0.4, 0.5) is 0 Å². The lowest BCUT2D eigenvalue weighted by molar-refractivity contribution is 0.0741. The number of phenolic OH excluding ortho intramolecular Hbond substituents is 2. The Hall–Kier alpha value is -3.54. The van der Waals surface area contributed by atoms with Crippen LogP contribution in [0.5, 0.6) is 17.2 Å². The fraction of sp³-hybridized carbons (Fsp3) is 0.182. The zero-order valence-electron chi connectivity index (χ0n) is 15.4. The fourth-order valence-corrected chi connectivity index (χ4v) is 3.35.